The standard InChI is InChI=1S/C14H16BrFN2O2/c1-8(19)17-7-13(20)18-14(9-2-3-9)10-4-11(15)6-12(16)5-10/h4-6,9,14H,2-3,7H2,1H3,(H,17,19)(H,18,20)/t14-/m0/s1. The molecule has 6 heteroatoms. The van der Waals surface area contributed by atoms with E-state index in [2.05, 4.69) is 26.6 Å². The monoisotopic (exact) mass is 342 g/mol. The molecule has 2 rings (SSSR count). The van der Waals surface area contributed by atoms with Gasteiger partial charge in [-0.2, -0.15) is 0 Å². The minimum absolute atomic E-state index is 0.0605. The van der Waals surface area contributed by atoms with Crippen LogP contribution in [0.4, 0.5) is 4.39 Å². The smallest absolute Gasteiger partial charge is 0.239 e. The van der Waals surface area contributed by atoms with Crippen LogP contribution in [0.2, 0.25) is 0 Å². The molecule has 1 fully saturated rings. The van der Waals surface area contributed by atoms with E-state index in [4.69, 9.17) is 0 Å². The van der Waals surface area contributed by atoms with Crippen LogP contribution >= 0.6 is 15.9 Å². The van der Waals surface area contributed by atoms with E-state index in [0.29, 0.717) is 10.4 Å². The van der Waals surface area contributed by atoms with Crippen molar-refractivity contribution >= 4 is 27.7 Å². The van der Waals surface area contributed by atoms with Gasteiger partial charge in [0.1, 0.15) is 5.82 Å². The molecule has 0 unspecified atom stereocenters. The fraction of sp³-hybridized carbons (Fsp3) is 0.429. The van der Waals surface area contributed by atoms with Crippen molar-refractivity contribution in [1.29, 1.82) is 0 Å². The molecular formula is C14H16BrFN2O2. The van der Waals surface area contributed by atoms with Gasteiger partial charge < -0.3 is 10.6 Å². The van der Waals surface area contributed by atoms with E-state index < -0.39 is 0 Å². The van der Waals surface area contributed by atoms with Gasteiger partial charge in [-0.3, -0.25) is 9.59 Å². The molecule has 2 N–H and O–H groups in total. The molecule has 20 heavy (non-hydrogen) atoms. The van der Waals surface area contributed by atoms with Crippen LogP contribution in [0.25, 0.3) is 0 Å². The maximum absolute atomic E-state index is 13.5. The Bertz CT molecular complexity index is 512. The maximum atomic E-state index is 13.5. The number of benzene rings is 1. The molecule has 1 aromatic rings. The minimum Gasteiger partial charge on any atom is -0.347 e. The van der Waals surface area contributed by atoms with E-state index in [1.807, 2.05) is 6.07 Å². The third kappa shape index (κ3) is 4.30. The third-order valence-electron chi connectivity index (χ3n) is 3.15. The molecule has 0 saturated heterocycles. The molecule has 108 valence electrons. The zero-order valence-corrected chi connectivity index (χ0v) is 12.7. The van der Waals surface area contributed by atoms with Crippen molar-refractivity contribution in [2.45, 2.75) is 25.8 Å². The summed E-state index contributed by atoms with van der Waals surface area (Å²) in [6.45, 7) is 1.30. The van der Waals surface area contributed by atoms with Crippen molar-refractivity contribution < 1.29 is 14.0 Å². The van der Waals surface area contributed by atoms with E-state index in [9.17, 15) is 14.0 Å². The summed E-state index contributed by atoms with van der Waals surface area (Å²) < 4.78 is 14.1. The molecule has 1 atom stereocenters. The van der Waals surface area contributed by atoms with Crippen LogP contribution in [0.5, 0.6) is 0 Å². The predicted molar refractivity (Wildman–Crippen MR) is 76.4 cm³/mol. The van der Waals surface area contributed by atoms with Crippen molar-refractivity contribution in [2.24, 2.45) is 5.92 Å². The highest BCUT2D eigenvalue weighted by Gasteiger charge is 2.33. The SMILES string of the molecule is CC(=O)NCC(=O)N[C@H](c1cc(F)cc(Br)c1)C1CC1. The van der Waals surface area contributed by atoms with Crippen LogP contribution in [0.1, 0.15) is 31.4 Å². The summed E-state index contributed by atoms with van der Waals surface area (Å²) in [5, 5.41) is 5.31. The summed E-state index contributed by atoms with van der Waals surface area (Å²) in [6, 6.07) is 4.42. The van der Waals surface area contributed by atoms with E-state index in [1.165, 1.54) is 19.1 Å². The first-order chi connectivity index (χ1) is 9.45. The van der Waals surface area contributed by atoms with Gasteiger partial charge in [-0.25, -0.2) is 4.39 Å². The Balaban J connectivity index is 2.07. The molecule has 0 heterocycles. The predicted octanol–water partition coefficient (Wildman–Crippen LogP) is 2.29. The molecule has 0 spiro atoms. The number of carbonyl (C=O) groups excluding carboxylic acids is 2. The molecule has 0 radical (unpaired) electrons. The van der Waals surface area contributed by atoms with Gasteiger partial charge in [0, 0.05) is 11.4 Å². The van der Waals surface area contributed by atoms with Crippen LogP contribution in [0.15, 0.2) is 22.7 Å². The lowest BCUT2D eigenvalue weighted by Crippen LogP contribution is -2.38. The van der Waals surface area contributed by atoms with E-state index in [1.54, 1.807) is 0 Å². The Morgan fingerprint density at radius 3 is 2.65 bits per heavy atom. The normalized spacial score (nSPS) is 15.6. The first-order valence-electron chi connectivity index (χ1n) is 6.45. The quantitative estimate of drug-likeness (QED) is 0.862. The molecule has 1 aliphatic rings. The van der Waals surface area contributed by atoms with E-state index >= 15 is 0 Å². The Morgan fingerprint density at radius 1 is 1.40 bits per heavy atom. The van der Waals surface area contributed by atoms with E-state index in [-0.39, 0.29) is 30.2 Å². The molecule has 0 aliphatic heterocycles. The van der Waals surface area contributed by atoms with Crippen LogP contribution < -0.4 is 10.6 Å². The molecule has 1 aliphatic carbocycles. The highest BCUT2D eigenvalue weighted by Crippen LogP contribution is 2.41. The molecule has 0 aromatic heterocycles. The Kier molecular flexibility index (Phi) is 4.75. The molecule has 4 nitrogen and oxygen atoms in total. The third-order valence-corrected chi connectivity index (χ3v) is 3.61. The van der Waals surface area contributed by atoms with Gasteiger partial charge >= 0.3 is 0 Å². The largest absolute Gasteiger partial charge is 0.347 e. The molecule has 0 bridgehead atoms. The zero-order valence-electron chi connectivity index (χ0n) is 11.1. The molecule has 1 saturated carbocycles. The highest BCUT2D eigenvalue weighted by molar-refractivity contribution is 9.10. The summed E-state index contributed by atoms with van der Waals surface area (Å²) in [6.07, 6.45) is 2.03. The molecule has 1 aromatic carbocycles. The minimum atomic E-state index is -0.337. The fourth-order valence-electron chi connectivity index (χ4n) is 2.09. The lowest BCUT2D eigenvalue weighted by molar-refractivity contribution is -0.125. The van der Waals surface area contributed by atoms with Crippen LogP contribution in [-0.4, -0.2) is 18.4 Å². The van der Waals surface area contributed by atoms with Crippen LogP contribution in [0, 0.1) is 11.7 Å². The summed E-state index contributed by atoms with van der Waals surface area (Å²) in [7, 11) is 0. The maximum Gasteiger partial charge on any atom is 0.239 e. The zero-order chi connectivity index (χ0) is 14.7. The Hall–Kier alpha value is -1.43. The summed E-state index contributed by atoms with van der Waals surface area (Å²) in [4.78, 5) is 22.6. The number of hydrogen-bond acceptors (Lipinski definition) is 2. The second-order valence-electron chi connectivity index (χ2n) is 5.00. The first-order valence-corrected chi connectivity index (χ1v) is 7.25. The van der Waals surface area contributed by atoms with Gasteiger partial charge in [0.15, 0.2) is 0 Å². The second kappa shape index (κ2) is 6.35. The van der Waals surface area contributed by atoms with Gasteiger partial charge in [0.2, 0.25) is 11.8 Å². The number of hydrogen-bond donors (Lipinski definition) is 2. The Morgan fingerprint density at radius 2 is 2.10 bits per heavy atom. The Labute approximate surface area is 125 Å². The first kappa shape index (κ1) is 15.0. The molecular weight excluding hydrogens is 327 g/mol. The second-order valence-corrected chi connectivity index (χ2v) is 5.91. The van der Waals surface area contributed by atoms with Crippen molar-refractivity contribution in [1.82, 2.24) is 10.6 Å². The fourth-order valence-corrected chi connectivity index (χ4v) is 2.57. The number of rotatable bonds is 5. The van der Waals surface area contributed by atoms with Crippen LogP contribution in [-0.2, 0) is 9.59 Å². The summed E-state index contributed by atoms with van der Waals surface area (Å²) in [5.74, 6) is -0.518. The van der Waals surface area contributed by atoms with Crippen molar-refractivity contribution in [3.63, 3.8) is 0 Å². The summed E-state index contributed by atoms with van der Waals surface area (Å²) >= 11 is 3.26. The summed E-state index contributed by atoms with van der Waals surface area (Å²) in [5.41, 5.74) is 0.746. The van der Waals surface area contributed by atoms with Crippen molar-refractivity contribution in [3.8, 4) is 0 Å². The van der Waals surface area contributed by atoms with Gasteiger partial charge in [-0.15, -0.1) is 0 Å². The van der Waals surface area contributed by atoms with Gasteiger partial charge in [-0.1, -0.05) is 15.9 Å². The number of carbonyl (C=O) groups is 2. The number of nitrogens with one attached hydrogen (secondary N) is 2. The lowest BCUT2D eigenvalue weighted by Gasteiger charge is -2.19. The number of halogens is 2. The van der Waals surface area contributed by atoms with E-state index in [0.717, 1.165) is 18.4 Å². The molecule has 2 amide bonds. The topological polar surface area (TPSA) is 58.2 Å². The van der Waals surface area contributed by atoms with Crippen LogP contribution in [0.3, 0.4) is 0 Å². The average molecular weight is 343 g/mol. The van der Waals surface area contributed by atoms with Crippen molar-refractivity contribution in [2.75, 3.05) is 6.54 Å². The number of amides is 2. The van der Waals surface area contributed by atoms with Gasteiger partial charge in [0.25, 0.3) is 0 Å². The highest BCUT2D eigenvalue weighted by atomic mass is 79.9. The van der Waals surface area contributed by atoms with Crippen molar-refractivity contribution in [3.05, 3.63) is 34.1 Å². The average Bonchev–Trinajstić information content (AvgIpc) is 3.16. The van der Waals surface area contributed by atoms with Gasteiger partial charge in [0.05, 0.1) is 12.6 Å². The van der Waals surface area contributed by atoms with Gasteiger partial charge in [-0.05, 0) is 42.5 Å². The lowest BCUT2D eigenvalue weighted by atomic mass is 10.0.